The number of aromatic nitrogens is 1. The minimum atomic E-state index is -4.41. The lowest BCUT2D eigenvalue weighted by atomic mass is 10.2. The minimum Gasteiger partial charge on any atom is -0.497 e. The second-order valence-electron chi connectivity index (χ2n) is 8.25. The third-order valence-corrected chi connectivity index (χ3v) is 7.69. The molecule has 0 radical (unpaired) electrons. The van der Waals surface area contributed by atoms with Gasteiger partial charge in [0.25, 0.3) is 10.0 Å². The molecular formula is C24H27FN4O6S2. The van der Waals surface area contributed by atoms with Crippen LogP contribution in [0.4, 0.5) is 15.1 Å². The lowest BCUT2D eigenvalue weighted by Crippen LogP contribution is -2.31. The molecule has 0 fully saturated rings. The number of hydrogen-bond acceptors (Lipinski definition) is 9. The van der Waals surface area contributed by atoms with Crippen molar-refractivity contribution in [1.29, 1.82) is 0 Å². The number of sulfonamides is 1. The van der Waals surface area contributed by atoms with Crippen LogP contribution in [0.5, 0.6) is 5.75 Å². The van der Waals surface area contributed by atoms with Gasteiger partial charge in [0.05, 0.1) is 42.9 Å². The molecule has 3 aromatic rings. The van der Waals surface area contributed by atoms with Gasteiger partial charge in [0.2, 0.25) is 5.91 Å². The zero-order valence-corrected chi connectivity index (χ0v) is 22.1. The topological polar surface area (TPSA) is 141 Å². The summed E-state index contributed by atoms with van der Waals surface area (Å²) in [5.41, 5.74) is 6.77. The highest BCUT2D eigenvalue weighted by atomic mass is 32.2. The summed E-state index contributed by atoms with van der Waals surface area (Å²) in [7, 11) is -2.90. The number of anilines is 2. The molecule has 10 nitrogen and oxygen atoms in total. The number of esters is 1. The van der Waals surface area contributed by atoms with Crippen molar-refractivity contribution in [2.75, 3.05) is 29.9 Å². The van der Waals surface area contributed by atoms with E-state index in [1.165, 1.54) is 12.6 Å². The van der Waals surface area contributed by atoms with Crippen molar-refractivity contribution in [2.24, 2.45) is 11.7 Å². The van der Waals surface area contributed by atoms with Gasteiger partial charge in [-0.15, -0.1) is 11.3 Å². The van der Waals surface area contributed by atoms with Gasteiger partial charge < -0.3 is 20.5 Å². The average Bonchev–Trinajstić information content (AvgIpc) is 3.36. The van der Waals surface area contributed by atoms with Crippen molar-refractivity contribution in [3.05, 3.63) is 65.0 Å². The van der Waals surface area contributed by atoms with E-state index in [4.69, 9.17) is 15.2 Å². The van der Waals surface area contributed by atoms with Crippen LogP contribution in [0, 0.1) is 11.7 Å². The van der Waals surface area contributed by atoms with Crippen LogP contribution >= 0.6 is 11.3 Å². The van der Waals surface area contributed by atoms with E-state index in [0.717, 1.165) is 33.8 Å². The molecule has 0 spiro atoms. The maximum atomic E-state index is 14.7. The van der Waals surface area contributed by atoms with E-state index in [-0.39, 0.29) is 46.9 Å². The van der Waals surface area contributed by atoms with E-state index in [2.05, 4.69) is 10.3 Å². The molecule has 3 rings (SSSR count). The molecule has 0 saturated carbocycles. The summed E-state index contributed by atoms with van der Waals surface area (Å²) in [6.07, 6.45) is 0. The molecule has 0 bridgehead atoms. The average molecular weight is 551 g/mol. The van der Waals surface area contributed by atoms with Gasteiger partial charge in [0, 0.05) is 0 Å². The van der Waals surface area contributed by atoms with Crippen molar-refractivity contribution < 1.29 is 31.9 Å². The summed E-state index contributed by atoms with van der Waals surface area (Å²) in [4.78, 5) is 27.9. The van der Waals surface area contributed by atoms with Crippen molar-refractivity contribution in [3.8, 4) is 5.75 Å². The first-order valence-corrected chi connectivity index (χ1v) is 13.4. The zero-order chi connectivity index (χ0) is 27.2. The Kier molecular flexibility index (Phi) is 9.18. The summed E-state index contributed by atoms with van der Waals surface area (Å²) >= 11 is 0.933. The number of hydrogen-bond donors (Lipinski definition) is 2. The first kappa shape index (κ1) is 28.0. The lowest BCUT2D eigenvalue weighted by Gasteiger charge is -2.24. The Bertz CT molecular complexity index is 1360. The number of nitrogens with one attached hydrogen (secondary N) is 1. The highest BCUT2D eigenvalue weighted by Gasteiger charge is 2.32. The van der Waals surface area contributed by atoms with Gasteiger partial charge in [-0.1, -0.05) is 26.0 Å². The molecular weight excluding hydrogens is 523 g/mol. The Morgan fingerprint density at radius 1 is 1.19 bits per heavy atom. The highest BCUT2D eigenvalue weighted by molar-refractivity contribution is 7.93. The van der Waals surface area contributed by atoms with Crippen LogP contribution in [0.1, 0.15) is 29.9 Å². The van der Waals surface area contributed by atoms with Gasteiger partial charge in [0.1, 0.15) is 16.6 Å². The standard InChI is InChI=1S/C24H27FN4O6S2/c1-15(2)13-35-24(31)22-23(36-14-27-22)29(12-16-4-6-17(34-3)7-5-16)37(32,33)18-8-9-20(19(25)10-18)28-21(30)11-26/h4-10,14-15H,11-13,26H2,1-3H3,(H,28,30). The van der Waals surface area contributed by atoms with Gasteiger partial charge in [0.15, 0.2) is 5.69 Å². The molecule has 1 heterocycles. The Labute approximate surface area is 218 Å². The molecule has 3 N–H and O–H groups in total. The Balaban J connectivity index is 2.05. The number of methoxy groups -OCH3 is 1. The second-order valence-corrected chi connectivity index (χ2v) is 10.9. The van der Waals surface area contributed by atoms with Crippen LogP contribution in [-0.4, -0.2) is 45.5 Å². The van der Waals surface area contributed by atoms with Crippen LogP contribution in [0.3, 0.4) is 0 Å². The van der Waals surface area contributed by atoms with Crippen LogP contribution < -0.4 is 20.1 Å². The first-order valence-electron chi connectivity index (χ1n) is 11.1. The van der Waals surface area contributed by atoms with Crippen LogP contribution in [-0.2, 0) is 26.1 Å². The van der Waals surface area contributed by atoms with Gasteiger partial charge in [-0.25, -0.2) is 22.6 Å². The third-order valence-electron chi connectivity index (χ3n) is 4.99. The van der Waals surface area contributed by atoms with Crippen LogP contribution in [0.25, 0.3) is 0 Å². The summed E-state index contributed by atoms with van der Waals surface area (Å²) < 4.78 is 53.7. The predicted molar refractivity (Wildman–Crippen MR) is 138 cm³/mol. The smallest absolute Gasteiger partial charge is 0.360 e. The predicted octanol–water partition coefficient (Wildman–Crippen LogP) is 3.40. The number of rotatable bonds is 11. The van der Waals surface area contributed by atoms with Gasteiger partial charge in [-0.05, 0) is 41.8 Å². The van der Waals surface area contributed by atoms with Gasteiger partial charge in [-0.2, -0.15) is 0 Å². The normalized spacial score (nSPS) is 11.3. The summed E-state index contributed by atoms with van der Waals surface area (Å²) in [5.74, 6) is -1.73. The maximum absolute atomic E-state index is 14.7. The minimum absolute atomic E-state index is 0.0190. The highest BCUT2D eigenvalue weighted by Crippen LogP contribution is 2.34. The maximum Gasteiger partial charge on any atom is 0.360 e. The summed E-state index contributed by atoms with van der Waals surface area (Å²) in [6.45, 7) is 3.30. The van der Waals surface area contributed by atoms with E-state index in [1.54, 1.807) is 24.3 Å². The Hall–Kier alpha value is -3.55. The van der Waals surface area contributed by atoms with E-state index in [1.807, 2.05) is 13.8 Å². The molecule has 1 aromatic heterocycles. The molecule has 0 aliphatic carbocycles. The number of carbonyl (C=O) groups is 2. The van der Waals surface area contributed by atoms with Gasteiger partial charge in [-0.3, -0.25) is 9.10 Å². The molecule has 1 amide bonds. The number of thiazole rings is 1. The molecule has 0 saturated heterocycles. The van der Waals surface area contributed by atoms with E-state index in [0.29, 0.717) is 11.3 Å². The number of ether oxygens (including phenoxy) is 2. The van der Waals surface area contributed by atoms with Gasteiger partial charge >= 0.3 is 5.97 Å². The van der Waals surface area contributed by atoms with E-state index >= 15 is 0 Å². The van der Waals surface area contributed by atoms with Crippen molar-refractivity contribution in [2.45, 2.75) is 25.3 Å². The zero-order valence-electron chi connectivity index (χ0n) is 20.4. The van der Waals surface area contributed by atoms with Crippen molar-refractivity contribution in [1.82, 2.24) is 4.98 Å². The number of nitrogens with two attached hydrogens (primary N) is 1. The fourth-order valence-electron chi connectivity index (χ4n) is 3.12. The lowest BCUT2D eigenvalue weighted by molar-refractivity contribution is -0.114. The fourth-order valence-corrected chi connectivity index (χ4v) is 5.60. The van der Waals surface area contributed by atoms with E-state index < -0.39 is 27.7 Å². The monoisotopic (exact) mass is 550 g/mol. The molecule has 0 atom stereocenters. The molecule has 2 aromatic carbocycles. The molecule has 198 valence electrons. The number of amides is 1. The largest absolute Gasteiger partial charge is 0.497 e. The quantitative estimate of drug-likeness (QED) is 0.346. The summed E-state index contributed by atoms with van der Waals surface area (Å²) in [5, 5.41) is 2.28. The molecule has 37 heavy (non-hydrogen) atoms. The number of nitrogens with zero attached hydrogens (tertiary/aromatic N) is 2. The third kappa shape index (κ3) is 6.81. The number of carbonyl (C=O) groups excluding carboxylic acids is 2. The fraction of sp³-hybridized carbons (Fsp3) is 0.292. The van der Waals surface area contributed by atoms with E-state index in [9.17, 15) is 22.4 Å². The van der Waals surface area contributed by atoms with Crippen molar-refractivity contribution >= 4 is 43.9 Å². The SMILES string of the molecule is COc1ccc(CN(c2scnc2C(=O)OCC(C)C)S(=O)(=O)c2ccc(NC(=O)CN)c(F)c2)cc1. The first-order chi connectivity index (χ1) is 17.6. The Morgan fingerprint density at radius 3 is 2.49 bits per heavy atom. The Morgan fingerprint density at radius 2 is 1.89 bits per heavy atom. The molecule has 0 aliphatic heterocycles. The van der Waals surface area contributed by atoms with Crippen molar-refractivity contribution in [3.63, 3.8) is 0 Å². The number of halogens is 1. The second kappa shape index (κ2) is 12.1. The molecule has 0 aliphatic rings. The van der Waals surface area contributed by atoms with Crippen LogP contribution in [0.15, 0.2) is 52.9 Å². The number of benzene rings is 2. The molecule has 13 heteroatoms. The summed E-state index contributed by atoms with van der Waals surface area (Å²) in [6, 6.07) is 9.75. The van der Waals surface area contributed by atoms with Crippen LogP contribution in [0.2, 0.25) is 0 Å². The molecule has 0 unspecified atom stereocenters.